The Hall–Kier alpha value is -2.04. The van der Waals surface area contributed by atoms with Crippen LogP contribution in [-0.4, -0.2) is 32.1 Å². The van der Waals surface area contributed by atoms with E-state index >= 15 is 0 Å². The fourth-order valence-corrected chi connectivity index (χ4v) is 1.71. The monoisotopic (exact) mass is 293 g/mol. The number of carbonyl (C=O) groups excluding carboxylic acids is 2. The summed E-state index contributed by atoms with van der Waals surface area (Å²) < 4.78 is 9.91. The standard InChI is InChI=1S/C16H23NO4/c1-12(2)13-6-8-14(9-7-13)21-11-15(18)17-10-4-5-16(19)20-3/h6-9,12H,4-5,10-11H2,1-3H3,(H,17,18). The smallest absolute Gasteiger partial charge is 0.305 e. The Balaban J connectivity index is 2.22. The van der Waals surface area contributed by atoms with Crippen LogP contribution in [0.1, 0.15) is 38.2 Å². The van der Waals surface area contributed by atoms with Gasteiger partial charge in [0, 0.05) is 13.0 Å². The van der Waals surface area contributed by atoms with E-state index in [0.717, 1.165) is 0 Å². The van der Waals surface area contributed by atoms with Crippen molar-refractivity contribution in [2.24, 2.45) is 0 Å². The minimum Gasteiger partial charge on any atom is -0.484 e. The fraction of sp³-hybridized carbons (Fsp3) is 0.500. The molecule has 0 saturated heterocycles. The first kappa shape index (κ1) is 17.0. The van der Waals surface area contributed by atoms with Crippen LogP contribution in [-0.2, 0) is 14.3 Å². The van der Waals surface area contributed by atoms with Gasteiger partial charge >= 0.3 is 5.97 Å². The summed E-state index contributed by atoms with van der Waals surface area (Å²) >= 11 is 0. The summed E-state index contributed by atoms with van der Waals surface area (Å²) in [6, 6.07) is 7.71. The summed E-state index contributed by atoms with van der Waals surface area (Å²) in [6.45, 7) is 4.65. The van der Waals surface area contributed by atoms with Crippen LogP contribution in [0.3, 0.4) is 0 Å². The number of hydrogen-bond acceptors (Lipinski definition) is 4. The van der Waals surface area contributed by atoms with Crippen LogP contribution in [0.25, 0.3) is 0 Å². The molecule has 0 aliphatic heterocycles. The maximum Gasteiger partial charge on any atom is 0.305 e. The van der Waals surface area contributed by atoms with Crippen LogP contribution in [0.15, 0.2) is 24.3 Å². The van der Waals surface area contributed by atoms with Crippen molar-refractivity contribution in [1.82, 2.24) is 5.32 Å². The molecule has 0 bridgehead atoms. The van der Waals surface area contributed by atoms with Gasteiger partial charge in [0.2, 0.25) is 0 Å². The van der Waals surface area contributed by atoms with Gasteiger partial charge < -0.3 is 14.8 Å². The number of nitrogens with one attached hydrogen (secondary N) is 1. The Labute approximate surface area is 125 Å². The summed E-state index contributed by atoms with van der Waals surface area (Å²) in [6.07, 6.45) is 0.857. The number of methoxy groups -OCH3 is 1. The molecule has 0 aromatic heterocycles. The molecule has 0 radical (unpaired) electrons. The van der Waals surface area contributed by atoms with E-state index < -0.39 is 0 Å². The number of esters is 1. The highest BCUT2D eigenvalue weighted by Crippen LogP contribution is 2.18. The molecule has 0 unspecified atom stereocenters. The van der Waals surface area contributed by atoms with Gasteiger partial charge in [-0.15, -0.1) is 0 Å². The molecule has 5 heteroatoms. The molecule has 1 amide bonds. The molecule has 1 rings (SSSR count). The molecule has 1 N–H and O–H groups in total. The lowest BCUT2D eigenvalue weighted by atomic mass is 10.0. The van der Waals surface area contributed by atoms with E-state index in [4.69, 9.17) is 4.74 Å². The maximum absolute atomic E-state index is 11.6. The average Bonchev–Trinajstić information content (AvgIpc) is 2.49. The van der Waals surface area contributed by atoms with Gasteiger partial charge in [0.05, 0.1) is 7.11 Å². The van der Waals surface area contributed by atoms with E-state index in [9.17, 15) is 9.59 Å². The summed E-state index contributed by atoms with van der Waals surface area (Å²) in [5, 5.41) is 2.69. The normalized spacial score (nSPS) is 10.3. The van der Waals surface area contributed by atoms with Gasteiger partial charge in [-0.2, -0.15) is 0 Å². The molecule has 21 heavy (non-hydrogen) atoms. The molecule has 5 nitrogen and oxygen atoms in total. The molecular weight excluding hydrogens is 270 g/mol. The van der Waals surface area contributed by atoms with Crippen LogP contribution in [0, 0.1) is 0 Å². The van der Waals surface area contributed by atoms with Crippen LogP contribution < -0.4 is 10.1 Å². The zero-order valence-corrected chi connectivity index (χ0v) is 12.8. The molecule has 0 heterocycles. The fourth-order valence-electron chi connectivity index (χ4n) is 1.71. The Bertz CT molecular complexity index is 454. The molecule has 116 valence electrons. The van der Waals surface area contributed by atoms with Crippen molar-refractivity contribution in [2.45, 2.75) is 32.6 Å². The van der Waals surface area contributed by atoms with Crippen molar-refractivity contribution < 1.29 is 19.1 Å². The molecule has 1 aromatic rings. The van der Waals surface area contributed by atoms with Crippen molar-refractivity contribution >= 4 is 11.9 Å². The molecule has 0 aliphatic carbocycles. The van der Waals surface area contributed by atoms with Gasteiger partial charge in [-0.25, -0.2) is 0 Å². The number of rotatable bonds is 8. The van der Waals surface area contributed by atoms with Gasteiger partial charge in [0.15, 0.2) is 6.61 Å². The Morgan fingerprint density at radius 1 is 1.19 bits per heavy atom. The lowest BCUT2D eigenvalue weighted by molar-refractivity contribution is -0.140. The number of ether oxygens (including phenoxy) is 2. The lowest BCUT2D eigenvalue weighted by Crippen LogP contribution is -2.30. The van der Waals surface area contributed by atoms with Gasteiger partial charge in [0.25, 0.3) is 5.91 Å². The van der Waals surface area contributed by atoms with Crippen LogP contribution in [0.2, 0.25) is 0 Å². The maximum atomic E-state index is 11.6. The Kier molecular flexibility index (Phi) is 7.29. The van der Waals surface area contributed by atoms with E-state index in [1.165, 1.54) is 12.7 Å². The number of carbonyl (C=O) groups is 2. The lowest BCUT2D eigenvalue weighted by Gasteiger charge is -2.09. The number of hydrogen-bond donors (Lipinski definition) is 1. The number of benzene rings is 1. The largest absolute Gasteiger partial charge is 0.484 e. The Morgan fingerprint density at radius 3 is 2.43 bits per heavy atom. The second kappa shape index (κ2) is 9.00. The van der Waals surface area contributed by atoms with Gasteiger partial charge in [-0.05, 0) is 30.0 Å². The molecule has 0 saturated carbocycles. The van der Waals surface area contributed by atoms with E-state index in [2.05, 4.69) is 23.9 Å². The first-order chi connectivity index (χ1) is 10.0. The molecule has 1 aromatic carbocycles. The highest BCUT2D eigenvalue weighted by atomic mass is 16.5. The van der Waals surface area contributed by atoms with Crippen molar-refractivity contribution in [2.75, 3.05) is 20.3 Å². The molecule has 0 fully saturated rings. The predicted molar refractivity (Wildman–Crippen MR) is 80.3 cm³/mol. The van der Waals surface area contributed by atoms with Crippen molar-refractivity contribution in [1.29, 1.82) is 0 Å². The zero-order chi connectivity index (χ0) is 15.7. The first-order valence-corrected chi connectivity index (χ1v) is 7.09. The Morgan fingerprint density at radius 2 is 1.86 bits per heavy atom. The minimum absolute atomic E-state index is 0.0285. The average molecular weight is 293 g/mol. The second-order valence-corrected chi connectivity index (χ2v) is 5.04. The highest BCUT2D eigenvalue weighted by molar-refractivity contribution is 5.77. The van der Waals surface area contributed by atoms with Crippen LogP contribution in [0.5, 0.6) is 5.75 Å². The predicted octanol–water partition coefficient (Wildman–Crippen LogP) is 2.26. The molecular formula is C16H23NO4. The highest BCUT2D eigenvalue weighted by Gasteiger charge is 2.05. The molecule has 0 spiro atoms. The minimum atomic E-state index is -0.272. The van der Waals surface area contributed by atoms with Gasteiger partial charge in [-0.3, -0.25) is 9.59 Å². The van der Waals surface area contributed by atoms with E-state index in [-0.39, 0.29) is 18.5 Å². The third kappa shape index (κ3) is 6.79. The zero-order valence-electron chi connectivity index (χ0n) is 12.8. The molecule has 0 aliphatic rings. The quantitative estimate of drug-likeness (QED) is 0.590. The summed E-state index contributed by atoms with van der Waals surface area (Å²) in [7, 11) is 1.35. The van der Waals surface area contributed by atoms with E-state index in [1.54, 1.807) is 0 Å². The molecule has 0 atom stereocenters. The van der Waals surface area contributed by atoms with Crippen molar-refractivity contribution in [3.05, 3.63) is 29.8 Å². The summed E-state index contributed by atoms with van der Waals surface area (Å²) in [4.78, 5) is 22.4. The summed E-state index contributed by atoms with van der Waals surface area (Å²) in [5.41, 5.74) is 1.23. The van der Waals surface area contributed by atoms with Gasteiger partial charge in [-0.1, -0.05) is 26.0 Å². The van der Waals surface area contributed by atoms with Crippen molar-refractivity contribution in [3.63, 3.8) is 0 Å². The van der Waals surface area contributed by atoms with Crippen molar-refractivity contribution in [3.8, 4) is 5.75 Å². The van der Waals surface area contributed by atoms with E-state index in [1.807, 2.05) is 24.3 Å². The second-order valence-electron chi connectivity index (χ2n) is 5.04. The summed E-state index contributed by atoms with van der Waals surface area (Å²) in [5.74, 6) is 0.666. The van der Waals surface area contributed by atoms with E-state index in [0.29, 0.717) is 31.1 Å². The van der Waals surface area contributed by atoms with Crippen LogP contribution >= 0.6 is 0 Å². The SMILES string of the molecule is COC(=O)CCCNC(=O)COc1ccc(C(C)C)cc1. The third-order valence-corrected chi connectivity index (χ3v) is 3.02. The van der Waals surface area contributed by atoms with Gasteiger partial charge in [0.1, 0.15) is 5.75 Å². The first-order valence-electron chi connectivity index (χ1n) is 7.09. The van der Waals surface area contributed by atoms with Crippen LogP contribution in [0.4, 0.5) is 0 Å². The topological polar surface area (TPSA) is 64.6 Å². The number of amides is 1. The third-order valence-electron chi connectivity index (χ3n) is 3.02.